The van der Waals surface area contributed by atoms with E-state index in [9.17, 15) is 5.26 Å². The number of para-hydroxylation sites is 4. The highest BCUT2D eigenvalue weighted by Gasteiger charge is 2.41. The van der Waals surface area contributed by atoms with Gasteiger partial charge in [0.15, 0.2) is 43.0 Å². The van der Waals surface area contributed by atoms with Gasteiger partial charge in [-0.3, -0.25) is 0 Å². The average molecular weight is 1230 g/mol. The van der Waals surface area contributed by atoms with Crippen LogP contribution in [0.3, 0.4) is 0 Å². The second kappa shape index (κ2) is 25.1. The van der Waals surface area contributed by atoms with Crippen molar-refractivity contribution in [1.82, 2.24) is 39.0 Å². The van der Waals surface area contributed by atoms with Crippen LogP contribution in [-0.2, 0) is 0 Å². The number of benzene rings is 13. The smallest absolute Gasteiger partial charge is 0.179 e. The second-order valence-electron chi connectivity index (χ2n) is 23.3. The van der Waals surface area contributed by atoms with E-state index in [0.717, 1.165) is 55.8 Å². The Morgan fingerprint density at radius 1 is 0.232 bits per heavy atom. The van der Waals surface area contributed by atoms with Gasteiger partial charge in [-0.2, -0.15) is 5.26 Å². The van der Waals surface area contributed by atoms with Crippen molar-refractivity contribution >= 4 is 72.4 Å². The lowest BCUT2D eigenvalue weighted by molar-refractivity contribution is 1.07. The standard InChI is InChI=1S/C51H36N4Si.C34H21N5/c1-5-18-37(19-6-1)49-52-50(38-32-34-40(35-33-38)55-47-30-15-13-28-45(47)46-29-14-16-31-48(46)55)54-51(53-49)39-20-17-27-44(36-39)56(41-21-7-2-8-22-41,42-23-9-3-10-24-42)43-25-11-4-12-26-43;35-22-23-9-8-12-26(21-23)34-37-32(24-10-2-1-3-11-24)36-33(38-34)25-17-19-27(20-18-25)39-30-15-6-4-13-28(30)29-14-5-7-16-31(29)39/h1-36H;1-21H. The summed E-state index contributed by atoms with van der Waals surface area (Å²) in [7, 11) is -2.76. The maximum atomic E-state index is 9.41. The fraction of sp³-hybridized carbons (Fsp3) is 0. The van der Waals surface area contributed by atoms with E-state index in [4.69, 9.17) is 29.9 Å². The Kier molecular flexibility index (Phi) is 15.2. The fourth-order valence-corrected chi connectivity index (χ4v) is 18.1. The Hall–Kier alpha value is -12.8. The van der Waals surface area contributed by atoms with Crippen LogP contribution in [0.2, 0.25) is 0 Å². The van der Waals surface area contributed by atoms with Gasteiger partial charge < -0.3 is 9.13 Å². The van der Waals surface area contributed by atoms with E-state index in [-0.39, 0.29) is 0 Å². The number of rotatable bonds is 12. The number of nitrogens with zero attached hydrogens (tertiary/aromatic N) is 9. The summed E-state index contributed by atoms with van der Waals surface area (Å²) in [6.07, 6.45) is 0. The van der Waals surface area contributed by atoms with E-state index >= 15 is 0 Å². The third-order valence-electron chi connectivity index (χ3n) is 17.7. The van der Waals surface area contributed by atoms with Gasteiger partial charge in [0, 0.05) is 66.3 Å². The van der Waals surface area contributed by atoms with Crippen LogP contribution >= 0.6 is 0 Å². The molecule has 4 heterocycles. The van der Waals surface area contributed by atoms with E-state index < -0.39 is 8.07 Å². The van der Waals surface area contributed by atoms with Gasteiger partial charge in [-0.05, 0) is 106 Å². The van der Waals surface area contributed by atoms with E-state index in [0.29, 0.717) is 40.5 Å². The van der Waals surface area contributed by atoms with Gasteiger partial charge in [-0.15, -0.1) is 0 Å². The normalized spacial score (nSPS) is 11.4. The van der Waals surface area contributed by atoms with E-state index in [1.54, 1.807) is 12.1 Å². The molecule has 0 saturated heterocycles. The molecule has 0 aliphatic carbocycles. The highest BCUT2D eigenvalue weighted by atomic mass is 28.3. The van der Waals surface area contributed by atoms with Crippen molar-refractivity contribution in [3.05, 3.63) is 351 Å². The van der Waals surface area contributed by atoms with Crippen LogP contribution in [0, 0.1) is 11.3 Å². The topological polar surface area (TPSA) is 111 Å². The molecule has 0 unspecified atom stereocenters. The van der Waals surface area contributed by atoms with Crippen molar-refractivity contribution in [2.24, 2.45) is 0 Å². The molecule has 0 aliphatic heterocycles. The first-order chi connectivity index (χ1) is 47.0. The van der Waals surface area contributed by atoms with E-state index in [2.05, 4.69) is 288 Å². The molecule has 0 radical (unpaired) electrons. The first-order valence-corrected chi connectivity index (χ1v) is 33.6. The molecule has 0 aliphatic rings. The fourth-order valence-electron chi connectivity index (χ4n) is 13.3. The molecular formula is C85H57N9Si. The van der Waals surface area contributed by atoms with Gasteiger partial charge in [-0.25, -0.2) is 29.9 Å². The maximum Gasteiger partial charge on any atom is 0.179 e. The summed E-state index contributed by atoms with van der Waals surface area (Å²) < 4.78 is 4.62. The van der Waals surface area contributed by atoms with Crippen LogP contribution in [0.15, 0.2) is 346 Å². The molecule has 9 nitrogen and oxygen atoms in total. The monoisotopic (exact) mass is 1230 g/mol. The SMILES string of the molecule is N#Cc1cccc(-c2nc(-c3ccccc3)nc(-c3ccc(-n4c5ccccc5c5ccccc54)cc3)n2)c1.c1ccc(-c2nc(-c3ccc(-n4c5ccccc5c5ccccc54)cc3)nc(-c3cccc([Si](c4ccccc4)(c4ccccc4)c4ccccc4)c3)n2)cc1. The van der Waals surface area contributed by atoms with Gasteiger partial charge in [0.25, 0.3) is 0 Å². The van der Waals surface area contributed by atoms with Crippen molar-refractivity contribution in [3.63, 3.8) is 0 Å². The van der Waals surface area contributed by atoms with Crippen molar-refractivity contribution in [2.75, 3.05) is 0 Å². The molecule has 4 aromatic heterocycles. The Morgan fingerprint density at radius 3 is 0.842 bits per heavy atom. The molecule has 0 amide bonds. The van der Waals surface area contributed by atoms with Crippen molar-refractivity contribution in [3.8, 4) is 85.8 Å². The summed E-state index contributed by atoms with van der Waals surface area (Å²) >= 11 is 0. The molecule has 0 spiro atoms. The van der Waals surface area contributed by atoms with Crippen molar-refractivity contribution in [2.45, 2.75) is 0 Å². The minimum atomic E-state index is -2.76. The molecule has 446 valence electrons. The number of hydrogen-bond donors (Lipinski definition) is 0. The Labute approximate surface area is 550 Å². The van der Waals surface area contributed by atoms with E-state index in [1.807, 2.05) is 60.7 Å². The molecule has 0 atom stereocenters. The summed E-state index contributed by atoms with van der Waals surface area (Å²) in [5.41, 5.74) is 12.8. The number of nitriles is 1. The number of hydrogen-bond acceptors (Lipinski definition) is 7. The van der Waals surface area contributed by atoms with Gasteiger partial charge in [-0.1, -0.05) is 261 Å². The third-order valence-corrected chi connectivity index (χ3v) is 22.5. The molecular weight excluding hydrogens is 1180 g/mol. The molecule has 95 heavy (non-hydrogen) atoms. The van der Waals surface area contributed by atoms with Gasteiger partial charge in [0.1, 0.15) is 0 Å². The second-order valence-corrected chi connectivity index (χ2v) is 27.1. The number of aromatic nitrogens is 8. The minimum absolute atomic E-state index is 0.530. The molecule has 17 aromatic rings. The van der Waals surface area contributed by atoms with Crippen LogP contribution in [0.5, 0.6) is 0 Å². The Bertz CT molecular complexity index is 5460. The zero-order valence-electron chi connectivity index (χ0n) is 51.4. The lowest BCUT2D eigenvalue weighted by atomic mass is 10.1. The predicted molar refractivity (Wildman–Crippen MR) is 389 cm³/mol. The summed E-state index contributed by atoms with van der Waals surface area (Å²) in [5, 5.41) is 19.6. The largest absolute Gasteiger partial charge is 0.309 e. The Morgan fingerprint density at radius 2 is 0.495 bits per heavy atom. The lowest BCUT2D eigenvalue weighted by Crippen LogP contribution is -2.74. The van der Waals surface area contributed by atoms with Crippen LogP contribution in [0.1, 0.15) is 5.56 Å². The molecule has 0 fully saturated rings. The van der Waals surface area contributed by atoms with Crippen LogP contribution in [0.25, 0.3) is 123 Å². The van der Waals surface area contributed by atoms with Gasteiger partial charge in [0.2, 0.25) is 0 Å². The molecule has 13 aromatic carbocycles. The summed E-state index contributed by atoms with van der Waals surface area (Å²) in [5.74, 6) is 3.60. The first-order valence-electron chi connectivity index (χ1n) is 31.6. The quantitative estimate of drug-likeness (QED) is 0.0885. The van der Waals surface area contributed by atoms with E-state index in [1.165, 1.54) is 53.3 Å². The molecule has 10 heteroatoms. The van der Waals surface area contributed by atoms with Gasteiger partial charge >= 0.3 is 0 Å². The maximum absolute atomic E-state index is 9.41. The number of fused-ring (bicyclic) bond motifs is 6. The van der Waals surface area contributed by atoms with Crippen LogP contribution in [0.4, 0.5) is 0 Å². The van der Waals surface area contributed by atoms with Crippen LogP contribution < -0.4 is 20.7 Å². The minimum Gasteiger partial charge on any atom is -0.309 e. The zero-order valence-corrected chi connectivity index (χ0v) is 52.4. The molecule has 0 bridgehead atoms. The first kappa shape index (κ1) is 57.4. The zero-order chi connectivity index (χ0) is 63.5. The predicted octanol–water partition coefficient (Wildman–Crippen LogP) is 17.2. The highest BCUT2D eigenvalue weighted by molar-refractivity contribution is 7.19. The summed E-state index contributed by atoms with van der Waals surface area (Å²) in [4.78, 5) is 29.9. The molecule has 0 N–H and O–H groups in total. The highest BCUT2D eigenvalue weighted by Crippen LogP contribution is 2.36. The van der Waals surface area contributed by atoms with Crippen molar-refractivity contribution in [1.29, 1.82) is 5.26 Å². The van der Waals surface area contributed by atoms with Crippen LogP contribution in [-0.4, -0.2) is 47.1 Å². The van der Waals surface area contributed by atoms with Gasteiger partial charge in [0.05, 0.1) is 33.7 Å². The summed E-state index contributed by atoms with van der Waals surface area (Å²) in [6, 6.07) is 123. The Balaban J connectivity index is 0.000000160. The summed E-state index contributed by atoms with van der Waals surface area (Å²) in [6.45, 7) is 0. The average Bonchev–Trinajstić information content (AvgIpc) is 1.45. The molecule has 17 rings (SSSR count). The molecule has 0 saturated carbocycles. The van der Waals surface area contributed by atoms with Crippen molar-refractivity contribution < 1.29 is 0 Å². The third kappa shape index (κ3) is 10.8. The lowest BCUT2D eigenvalue weighted by Gasteiger charge is -2.34.